The third-order valence-electron chi connectivity index (χ3n) is 4.19. The van der Waals surface area contributed by atoms with E-state index in [9.17, 15) is 14.0 Å². The van der Waals surface area contributed by atoms with Crippen molar-refractivity contribution in [2.75, 3.05) is 32.8 Å². The van der Waals surface area contributed by atoms with E-state index >= 15 is 0 Å². The van der Waals surface area contributed by atoms with Gasteiger partial charge in [-0.05, 0) is 43.5 Å². The Morgan fingerprint density at radius 2 is 2.04 bits per heavy atom. The Balaban J connectivity index is 0.00000338. The van der Waals surface area contributed by atoms with Gasteiger partial charge < -0.3 is 20.7 Å². The zero-order valence-corrected chi connectivity index (χ0v) is 15.6. The van der Waals surface area contributed by atoms with Gasteiger partial charge in [-0.1, -0.05) is 12.1 Å². The number of rotatable bonds is 8. The van der Waals surface area contributed by atoms with Crippen molar-refractivity contribution in [3.05, 3.63) is 35.6 Å². The minimum atomic E-state index is -0.377. The van der Waals surface area contributed by atoms with Crippen molar-refractivity contribution >= 4 is 24.2 Å². The first kappa shape index (κ1) is 22.3. The minimum Gasteiger partial charge on any atom is -0.378 e. The molecule has 0 saturated carbocycles. The second-order valence-electron chi connectivity index (χ2n) is 6.18. The summed E-state index contributed by atoms with van der Waals surface area (Å²) in [4.78, 5) is 25.8. The summed E-state index contributed by atoms with van der Waals surface area (Å²) in [7, 11) is 0. The molecule has 0 spiro atoms. The molecule has 1 aliphatic rings. The van der Waals surface area contributed by atoms with Crippen molar-refractivity contribution in [3.63, 3.8) is 0 Å². The fourth-order valence-corrected chi connectivity index (χ4v) is 2.79. The topological polar surface area (TPSA) is 84.7 Å². The first-order valence-corrected chi connectivity index (χ1v) is 8.69. The first-order chi connectivity index (χ1) is 12.1. The standard InChI is InChI=1S/C18H26FN3O3.ClH/c19-15-4-1-3-14(11-15)12-17(23)21-13-18(24)22-8-5-16(6-9-22)25-10-2-7-20;/h1,3-4,11,16H,2,5-10,12-13,20H2,(H,21,23);1H. The van der Waals surface area contributed by atoms with Crippen LogP contribution in [0.15, 0.2) is 24.3 Å². The molecule has 26 heavy (non-hydrogen) atoms. The molecule has 0 bridgehead atoms. The molecule has 6 nitrogen and oxygen atoms in total. The summed E-state index contributed by atoms with van der Waals surface area (Å²) in [5.41, 5.74) is 6.02. The summed E-state index contributed by atoms with van der Waals surface area (Å²) >= 11 is 0. The van der Waals surface area contributed by atoms with Crippen molar-refractivity contribution in [2.45, 2.75) is 31.8 Å². The monoisotopic (exact) mass is 387 g/mol. The summed E-state index contributed by atoms with van der Waals surface area (Å²) < 4.78 is 18.8. The average Bonchev–Trinajstić information content (AvgIpc) is 2.60. The van der Waals surface area contributed by atoms with Crippen LogP contribution in [0.3, 0.4) is 0 Å². The molecule has 3 N–H and O–H groups in total. The first-order valence-electron chi connectivity index (χ1n) is 8.69. The lowest BCUT2D eigenvalue weighted by Crippen LogP contribution is -2.45. The van der Waals surface area contributed by atoms with E-state index in [4.69, 9.17) is 10.5 Å². The maximum Gasteiger partial charge on any atom is 0.241 e. The van der Waals surface area contributed by atoms with Crippen LogP contribution in [0.5, 0.6) is 0 Å². The van der Waals surface area contributed by atoms with Gasteiger partial charge in [0.2, 0.25) is 11.8 Å². The van der Waals surface area contributed by atoms with Gasteiger partial charge in [0, 0.05) is 19.7 Å². The van der Waals surface area contributed by atoms with Gasteiger partial charge in [-0.2, -0.15) is 0 Å². The lowest BCUT2D eigenvalue weighted by Gasteiger charge is -2.32. The van der Waals surface area contributed by atoms with Crippen LogP contribution >= 0.6 is 12.4 Å². The number of halogens is 2. The molecule has 2 rings (SSSR count). The minimum absolute atomic E-state index is 0. The van der Waals surface area contributed by atoms with E-state index in [0.29, 0.717) is 31.8 Å². The van der Waals surface area contributed by atoms with Gasteiger partial charge in [-0.3, -0.25) is 9.59 Å². The quantitative estimate of drug-likeness (QED) is 0.658. The lowest BCUT2D eigenvalue weighted by molar-refractivity contribution is -0.135. The van der Waals surface area contributed by atoms with Crippen LogP contribution < -0.4 is 11.1 Å². The molecule has 0 aromatic heterocycles. The SMILES string of the molecule is Cl.NCCCOC1CCN(C(=O)CNC(=O)Cc2cccc(F)c2)CC1. The highest BCUT2D eigenvalue weighted by Crippen LogP contribution is 2.14. The summed E-state index contributed by atoms with van der Waals surface area (Å²) in [6, 6.07) is 5.88. The van der Waals surface area contributed by atoms with Crippen LogP contribution in [0.2, 0.25) is 0 Å². The average molecular weight is 388 g/mol. The maximum atomic E-state index is 13.1. The zero-order valence-electron chi connectivity index (χ0n) is 14.8. The molecule has 0 unspecified atom stereocenters. The number of benzene rings is 1. The highest BCUT2D eigenvalue weighted by atomic mass is 35.5. The van der Waals surface area contributed by atoms with Gasteiger partial charge in [0.15, 0.2) is 0 Å². The molecule has 1 aliphatic heterocycles. The van der Waals surface area contributed by atoms with Gasteiger partial charge in [-0.25, -0.2) is 4.39 Å². The van der Waals surface area contributed by atoms with Gasteiger partial charge in [-0.15, -0.1) is 12.4 Å². The maximum absolute atomic E-state index is 13.1. The predicted octanol–water partition coefficient (Wildman–Crippen LogP) is 1.26. The van der Waals surface area contributed by atoms with Crippen molar-refractivity contribution in [3.8, 4) is 0 Å². The molecular formula is C18H27ClFN3O3. The molecule has 1 fully saturated rings. The lowest BCUT2D eigenvalue weighted by atomic mass is 10.1. The Morgan fingerprint density at radius 1 is 1.31 bits per heavy atom. The molecule has 0 atom stereocenters. The molecule has 1 heterocycles. The number of nitrogens with zero attached hydrogens (tertiary/aromatic N) is 1. The third-order valence-corrected chi connectivity index (χ3v) is 4.19. The fourth-order valence-electron chi connectivity index (χ4n) is 2.79. The van der Waals surface area contributed by atoms with E-state index in [1.165, 1.54) is 12.1 Å². The number of nitrogens with two attached hydrogens (primary N) is 1. The molecule has 8 heteroatoms. The molecule has 146 valence electrons. The Morgan fingerprint density at radius 3 is 2.69 bits per heavy atom. The number of amides is 2. The largest absolute Gasteiger partial charge is 0.378 e. The highest BCUT2D eigenvalue weighted by Gasteiger charge is 2.23. The third kappa shape index (κ3) is 7.68. The van der Waals surface area contributed by atoms with Crippen LogP contribution in [0.4, 0.5) is 4.39 Å². The number of hydrogen-bond acceptors (Lipinski definition) is 4. The summed E-state index contributed by atoms with van der Waals surface area (Å²) in [5, 5.41) is 2.60. The number of hydrogen-bond donors (Lipinski definition) is 2. The molecule has 1 aromatic rings. The zero-order chi connectivity index (χ0) is 18.1. The second kappa shape index (κ2) is 11.8. The smallest absolute Gasteiger partial charge is 0.241 e. The Labute approximate surface area is 159 Å². The number of carbonyl (C=O) groups is 2. The predicted molar refractivity (Wildman–Crippen MR) is 99.6 cm³/mol. The van der Waals surface area contributed by atoms with Crippen molar-refractivity contribution in [1.82, 2.24) is 10.2 Å². The van der Waals surface area contributed by atoms with Gasteiger partial charge >= 0.3 is 0 Å². The van der Waals surface area contributed by atoms with E-state index in [0.717, 1.165) is 19.3 Å². The number of likely N-dealkylation sites (tertiary alicyclic amines) is 1. The highest BCUT2D eigenvalue weighted by molar-refractivity contribution is 5.86. The van der Waals surface area contributed by atoms with Crippen LogP contribution in [-0.4, -0.2) is 55.6 Å². The summed E-state index contributed by atoms with van der Waals surface area (Å²) in [6.45, 7) is 2.50. The Hall–Kier alpha value is -1.70. The molecule has 1 saturated heterocycles. The summed E-state index contributed by atoms with van der Waals surface area (Å²) in [6.07, 6.45) is 2.68. The second-order valence-corrected chi connectivity index (χ2v) is 6.18. The van der Waals surface area contributed by atoms with Crippen LogP contribution in [0.1, 0.15) is 24.8 Å². The molecule has 0 aliphatic carbocycles. The van der Waals surface area contributed by atoms with Crippen molar-refractivity contribution in [2.24, 2.45) is 5.73 Å². The van der Waals surface area contributed by atoms with Gasteiger partial charge in [0.05, 0.1) is 19.1 Å². The van der Waals surface area contributed by atoms with Gasteiger partial charge in [0.25, 0.3) is 0 Å². The number of ether oxygens (including phenoxy) is 1. The van der Waals surface area contributed by atoms with Crippen LogP contribution in [0, 0.1) is 5.82 Å². The van der Waals surface area contributed by atoms with Gasteiger partial charge in [0.1, 0.15) is 5.82 Å². The van der Waals surface area contributed by atoms with E-state index < -0.39 is 0 Å². The fraction of sp³-hybridized carbons (Fsp3) is 0.556. The number of nitrogens with one attached hydrogen (secondary N) is 1. The molecule has 2 amide bonds. The van der Waals surface area contributed by atoms with E-state index in [2.05, 4.69) is 5.32 Å². The van der Waals surface area contributed by atoms with Crippen LogP contribution in [0.25, 0.3) is 0 Å². The molecule has 1 aromatic carbocycles. The Bertz CT molecular complexity index is 581. The van der Waals surface area contributed by atoms with Crippen molar-refractivity contribution < 1.29 is 18.7 Å². The Kier molecular flexibility index (Phi) is 10.2. The molecular weight excluding hydrogens is 361 g/mol. The van der Waals surface area contributed by atoms with E-state index in [-0.39, 0.29) is 49.1 Å². The van der Waals surface area contributed by atoms with Crippen LogP contribution in [-0.2, 0) is 20.7 Å². The van der Waals surface area contributed by atoms with Crippen molar-refractivity contribution in [1.29, 1.82) is 0 Å². The van der Waals surface area contributed by atoms with E-state index in [1.807, 2.05) is 0 Å². The normalized spacial score (nSPS) is 14.6. The number of carbonyl (C=O) groups excluding carboxylic acids is 2. The molecule has 0 radical (unpaired) electrons. The summed E-state index contributed by atoms with van der Waals surface area (Å²) in [5.74, 6) is -0.773. The van der Waals surface area contributed by atoms with E-state index in [1.54, 1.807) is 17.0 Å². The number of piperidine rings is 1.